The lowest BCUT2D eigenvalue weighted by molar-refractivity contribution is 0.101. The summed E-state index contributed by atoms with van der Waals surface area (Å²) < 4.78 is 1.89. The number of nitrogens with one attached hydrogen (secondary N) is 1. The third-order valence-electron chi connectivity index (χ3n) is 3.04. The second kappa shape index (κ2) is 6.54. The van der Waals surface area contributed by atoms with Gasteiger partial charge in [-0.2, -0.15) is 9.78 Å². The van der Waals surface area contributed by atoms with Crippen molar-refractivity contribution < 1.29 is 9.90 Å². The van der Waals surface area contributed by atoms with Crippen molar-refractivity contribution in [3.8, 4) is 11.4 Å². The molecule has 24 heavy (non-hydrogen) atoms. The summed E-state index contributed by atoms with van der Waals surface area (Å²) in [6.07, 6.45) is 0. The van der Waals surface area contributed by atoms with Crippen LogP contribution in [0.2, 0.25) is 0 Å². The summed E-state index contributed by atoms with van der Waals surface area (Å²) >= 11 is 4.56. The van der Waals surface area contributed by atoms with Crippen LogP contribution >= 0.6 is 27.3 Å². The molecule has 0 aliphatic heterocycles. The summed E-state index contributed by atoms with van der Waals surface area (Å²) in [6.45, 7) is 1.80. The van der Waals surface area contributed by atoms with Crippen LogP contribution in [-0.4, -0.2) is 25.8 Å². The van der Waals surface area contributed by atoms with E-state index in [1.165, 1.54) is 11.3 Å². The molecule has 0 aliphatic rings. The second-order valence-electron chi connectivity index (χ2n) is 4.85. The van der Waals surface area contributed by atoms with Gasteiger partial charge in [0.05, 0.1) is 11.4 Å². The lowest BCUT2D eigenvalue weighted by atomic mass is 10.3. The van der Waals surface area contributed by atoms with E-state index < -0.39 is 17.2 Å². The van der Waals surface area contributed by atoms with Gasteiger partial charge in [0.15, 0.2) is 16.6 Å². The summed E-state index contributed by atoms with van der Waals surface area (Å²) in [4.78, 5) is 28.5. The summed E-state index contributed by atoms with van der Waals surface area (Å²) in [5.74, 6) is -1.13. The number of aromatic nitrogens is 3. The number of thiazole rings is 1. The van der Waals surface area contributed by atoms with Crippen LogP contribution in [0.4, 0.5) is 5.13 Å². The molecule has 1 aromatic carbocycles. The van der Waals surface area contributed by atoms with E-state index in [0.29, 0.717) is 10.8 Å². The highest BCUT2D eigenvalue weighted by molar-refractivity contribution is 9.10. The minimum atomic E-state index is -0.646. The molecule has 0 saturated heterocycles. The number of aromatic hydroxyl groups is 1. The molecule has 9 heteroatoms. The molecule has 2 aromatic heterocycles. The molecule has 7 nitrogen and oxygen atoms in total. The van der Waals surface area contributed by atoms with Gasteiger partial charge in [0.2, 0.25) is 0 Å². The molecule has 2 N–H and O–H groups in total. The predicted octanol–water partition coefficient (Wildman–Crippen LogP) is 2.72. The van der Waals surface area contributed by atoms with Gasteiger partial charge in [-0.25, -0.2) is 4.98 Å². The number of anilines is 1. The number of hydrogen-bond donors (Lipinski definition) is 2. The van der Waals surface area contributed by atoms with Crippen molar-refractivity contribution in [3.05, 3.63) is 61.9 Å². The highest BCUT2D eigenvalue weighted by Gasteiger charge is 2.18. The number of rotatable bonds is 3. The molecule has 0 saturated carbocycles. The van der Waals surface area contributed by atoms with Gasteiger partial charge in [0.1, 0.15) is 0 Å². The fraction of sp³-hybridized carbons (Fsp3) is 0.0667. The van der Waals surface area contributed by atoms with Crippen LogP contribution in [0.15, 0.2) is 45.0 Å². The fourth-order valence-electron chi connectivity index (χ4n) is 1.94. The lowest BCUT2D eigenvalue weighted by Gasteiger charge is -2.08. The molecule has 2 heterocycles. The van der Waals surface area contributed by atoms with Crippen LogP contribution in [0.3, 0.4) is 0 Å². The van der Waals surface area contributed by atoms with Crippen molar-refractivity contribution in [3.63, 3.8) is 0 Å². The van der Waals surface area contributed by atoms with Gasteiger partial charge in [-0.05, 0) is 31.2 Å². The van der Waals surface area contributed by atoms with Gasteiger partial charge in [0, 0.05) is 15.9 Å². The van der Waals surface area contributed by atoms with E-state index in [1.54, 1.807) is 36.6 Å². The Balaban J connectivity index is 1.99. The number of hydrogen-bond acceptors (Lipinski definition) is 6. The molecule has 0 atom stereocenters. The van der Waals surface area contributed by atoms with Crippen LogP contribution in [0, 0.1) is 6.92 Å². The Kier molecular flexibility index (Phi) is 4.45. The van der Waals surface area contributed by atoms with Crippen molar-refractivity contribution in [2.75, 3.05) is 5.32 Å². The molecule has 0 spiro atoms. The smallest absolute Gasteiger partial charge is 0.281 e. The number of benzene rings is 1. The van der Waals surface area contributed by atoms with E-state index >= 15 is 0 Å². The van der Waals surface area contributed by atoms with Crippen LogP contribution in [-0.2, 0) is 0 Å². The molecule has 122 valence electrons. The number of aryl methyl sites for hydroxylation is 1. The standard InChI is InChI=1S/C15H11BrN4O3S/c1-8-7-24-15(17-8)18-14(23)13-11(21)6-12(22)20(19-13)10-4-2-9(16)3-5-10/h2-7,21H,1H3,(H,17,18,23). The Morgan fingerprint density at radius 3 is 2.67 bits per heavy atom. The Hall–Kier alpha value is -2.52. The number of carbonyl (C=O) groups is 1. The third-order valence-corrected chi connectivity index (χ3v) is 4.44. The SMILES string of the molecule is Cc1csc(NC(=O)c2nn(-c3ccc(Br)cc3)c(=O)cc2O)n1. The van der Waals surface area contributed by atoms with E-state index in [-0.39, 0.29) is 5.69 Å². The average Bonchev–Trinajstić information content (AvgIpc) is 2.93. The van der Waals surface area contributed by atoms with Crippen molar-refractivity contribution in [1.29, 1.82) is 0 Å². The van der Waals surface area contributed by atoms with Crippen molar-refractivity contribution >= 4 is 38.3 Å². The van der Waals surface area contributed by atoms with Crippen LogP contribution in [0.5, 0.6) is 5.75 Å². The zero-order chi connectivity index (χ0) is 17.3. The monoisotopic (exact) mass is 406 g/mol. The lowest BCUT2D eigenvalue weighted by Crippen LogP contribution is -2.25. The zero-order valence-corrected chi connectivity index (χ0v) is 14.8. The number of nitrogens with zero attached hydrogens (tertiary/aromatic N) is 3. The first kappa shape index (κ1) is 16.3. The van der Waals surface area contributed by atoms with E-state index in [2.05, 4.69) is 31.3 Å². The molecule has 3 aromatic rings. The second-order valence-corrected chi connectivity index (χ2v) is 6.63. The number of halogens is 1. The van der Waals surface area contributed by atoms with Gasteiger partial charge in [0.25, 0.3) is 11.5 Å². The van der Waals surface area contributed by atoms with Crippen molar-refractivity contribution in [2.45, 2.75) is 6.92 Å². The molecule has 0 fully saturated rings. The number of amides is 1. The average molecular weight is 407 g/mol. The van der Waals surface area contributed by atoms with Gasteiger partial charge in [-0.15, -0.1) is 11.3 Å². The minimum Gasteiger partial charge on any atom is -0.505 e. The Morgan fingerprint density at radius 2 is 2.04 bits per heavy atom. The first-order valence-corrected chi connectivity index (χ1v) is 8.44. The maximum absolute atomic E-state index is 12.3. The van der Waals surface area contributed by atoms with E-state index in [4.69, 9.17) is 0 Å². The van der Waals surface area contributed by atoms with E-state index in [0.717, 1.165) is 20.9 Å². The van der Waals surface area contributed by atoms with E-state index in [1.807, 2.05) is 0 Å². The first-order chi connectivity index (χ1) is 11.4. The summed E-state index contributed by atoms with van der Waals surface area (Å²) in [5.41, 5.74) is 0.441. The molecule has 0 radical (unpaired) electrons. The first-order valence-electron chi connectivity index (χ1n) is 6.77. The van der Waals surface area contributed by atoms with Crippen LogP contribution < -0.4 is 10.9 Å². The molecular weight excluding hydrogens is 396 g/mol. The highest BCUT2D eigenvalue weighted by atomic mass is 79.9. The minimum absolute atomic E-state index is 0.259. The quantitative estimate of drug-likeness (QED) is 0.696. The molecule has 0 bridgehead atoms. The number of carbonyl (C=O) groups excluding carboxylic acids is 1. The Labute approximate surface area is 148 Å². The Bertz CT molecular complexity index is 966. The maximum atomic E-state index is 12.3. The topological polar surface area (TPSA) is 97.1 Å². The molecule has 3 rings (SSSR count). The van der Waals surface area contributed by atoms with Crippen molar-refractivity contribution in [1.82, 2.24) is 14.8 Å². The molecule has 0 aliphatic carbocycles. The van der Waals surface area contributed by atoms with Gasteiger partial charge in [-0.1, -0.05) is 15.9 Å². The summed E-state index contributed by atoms with van der Waals surface area (Å²) in [5, 5.41) is 18.6. The molecule has 1 amide bonds. The van der Waals surface area contributed by atoms with Gasteiger partial charge < -0.3 is 5.11 Å². The largest absolute Gasteiger partial charge is 0.505 e. The van der Waals surface area contributed by atoms with Crippen LogP contribution in [0.25, 0.3) is 5.69 Å². The summed E-state index contributed by atoms with van der Waals surface area (Å²) in [6, 6.07) is 7.78. The van der Waals surface area contributed by atoms with Crippen molar-refractivity contribution in [2.24, 2.45) is 0 Å². The Morgan fingerprint density at radius 1 is 1.33 bits per heavy atom. The van der Waals surface area contributed by atoms with E-state index in [9.17, 15) is 14.7 Å². The maximum Gasteiger partial charge on any atom is 0.281 e. The third kappa shape index (κ3) is 3.36. The summed E-state index contributed by atoms with van der Waals surface area (Å²) in [7, 11) is 0. The highest BCUT2D eigenvalue weighted by Crippen LogP contribution is 2.19. The van der Waals surface area contributed by atoms with Gasteiger partial charge in [-0.3, -0.25) is 14.9 Å². The predicted molar refractivity (Wildman–Crippen MR) is 94.0 cm³/mol. The van der Waals surface area contributed by atoms with Crippen LogP contribution in [0.1, 0.15) is 16.2 Å². The molecule has 0 unspecified atom stereocenters. The zero-order valence-electron chi connectivity index (χ0n) is 12.4. The fourth-order valence-corrected chi connectivity index (χ4v) is 2.89. The molecular formula is C15H11BrN4O3S. The van der Waals surface area contributed by atoms with Gasteiger partial charge >= 0.3 is 0 Å². The normalized spacial score (nSPS) is 10.6.